The number of aromatic nitrogens is 1. The van der Waals surface area contributed by atoms with Crippen molar-refractivity contribution >= 4 is 5.82 Å². The van der Waals surface area contributed by atoms with Gasteiger partial charge in [0.25, 0.3) is 0 Å². The minimum absolute atomic E-state index is 0.0957. The molecule has 0 atom stereocenters. The Kier molecular flexibility index (Phi) is 5.26. The van der Waals surface area contributed by atoms with E-state index in [1.54, 1.807) is 0 Å². The Morgan fingerprint density at radius 1 is 1.24 bits per heavy atom. The first-order valence-electron chi connectivity index (χ1n) is 8.44. The molecule has 1 aliphatic rings. The molecule has 0 unspecified atom stereocenters. The van der Waals surface area contributed by atoms with Gasteiger partial charge in [-0.3, -0.25) is 0 Å². The van der Waals surface area contributed by atoms with Gasteiger partial charge in [0.05, 0.1) is 0 Å². The lowest BCUT2D eigenvalue weighted by atomic mass is 9.90. The zero-order valence-corrected chi connectivity index (χ0v) is 14.4. The summed E-state index contributed by atoms with van der Waals surface area (Å²) in [6.45, 7) is 14.2. The molecule has 0 aromatic carbocycles. The smallest absolute Gasteiger partial charge is 0.129 e. The summed E-state index contributed by atoms with van der Waals surface area (Å²) in [5.41, 5.74) is 2.66. The molecule has 0 bridgehead atoms. The SMILES string of the molecule is CCCNCc1cc(N(CC)C2CC2)nc(C(C)(C)C)c1. The molecule has 1 saturated carbocycles. The summed E-state index contributed by atoms with van der Waals surface area (Å²) >= 11 is 0. The third-order valence-corrected chi connectivity index (χ3v) is 4.02. The largest absolute Gasteiger partial charge is 0.354 e. The van der Waals surface area contributed by atoms with Crippen molar-refractivity contribution in [2.75, 3.05) is 18.0 Å². The fraction of sp³-hybridized carbons (Fsp3) is 0.722. The van der Waals surface area contributed by atoms with Crippen LogP contribution in [0.15, 0.2) is 12.1 Å². The highest BCUT2D eigenvalue weighted by Crippen LogP contribution is 2.32. The van der Waals surface area contributed by atoms with Crippen LogP contribution < -0.4 is 10.2 Å². The Bertz CT molecular complexity index is 458. The van der Waals surface area contributed by atoms with Crippen molar-refractivity contribution < 1.29 is 0 Å². The highest BCUT2D eigenvalue weighted by atomic mass is 15.2. The summed E-state index contributed by atoms with van der Waals surface area (Å²) in [4.78, 5) is 7.43. The molecule has 1 aliphatic carbocycles. The Morgan fingerprint density at radius 2 is 1.95 bits per heavy atom. The van der Waals surface area contributed by atoms with E-state index in [1.807, 2.05) is 0 Å². The summed E-state index contributed by atoms with van der Waals surface area (Å²) in [5, 5.41) is 3.51. The van der Waals surface area contributed by atoms with E-state index in [9.17, 15) is 0 Å². The average molecular weight is 289 g/mol. The number of hydrogen-bond acceptors (Lipinski definition) is 3. The maximum atomic E-state index is 4.96. The number of nitrogens with one attached hydrogen (secondary N) is 1. The Labute approximate surface area is 130 Å². The Morgan fingerprint density at radius 3 is 2.48 bits per heavy atom. The van der Waals surface area contributed by atoms with Gasteiger partial charge in [-0.05, 0) is 50.4 Å². The third-order valence-electron chi connectivity index (χ3n) is 4.02. The molecule has 1 N–H and O–H groups in total. The molecular formula is C18H31N3. The summed E-state index contributed by atoms with van der Waals surface area (Å²) in [7, 11) is 0. The number of pyridine rings is 1. The van der Waals surface area contributed by atoms with E-state index in [0.717, 1.165) is 19.6 Å². The topological polar surface area (TPSA) is 28.2 Å². The normalized spacial score (nSPS) is 15.3. The summed E-state index contributed by atoms with van der Waals surface area (Å²) in [6.07, 6.45) is 3.81. The monoisotopic (exact) mass is 289 g/mol. The van der Waals surface area contributed by atoms with Gasteiger partial charge in [0.1, 0.15) is 5.82 Å². The fourth-order valence-electron chi connectivity index (χ4n) is 2.61. The van der Waals surface area contributed by atoms with Crippen molar-refractivity contribution in [3.63, 3.8) is 0 Å². The Hall–Kier alpha value is -1.09. The molecule has 3 nitrogen and oxygen atoms in total. The average Bonchev–Trinajstić information content (AvgIpc) is 3.23. The maximum Gasteiger partial charge on any atom is 0.129 e. The van der Waals surface area contributed by atoms with Crippen LogP contribution in [0.5, 0.6) is 0 Å². The van der Waals surface area contributed by atoms with E-state index < -0.39 is 0 Å². The summed E-state index contributed by atoms with van der Waals surface area (Å²) in [6, 6.07) is 5.27. The Balaban J connectivity index is 2.27. The van der Waals surface area contributed by atoms with Crippen LogP contribution in [0.4, 0.5) is 5.82 Å². The molecule has 1 aromatic heterocycles. The molecule has 118 valence electrons. The summed E-state index contributed by atoms with van der Waals surface area (Å²) in [5.74, 6) is 1.17. The van der Waals surface area contributed by atoms with Crippen molar-refractivity contribution in [1.82, 2.24) is 10.3 Å². The predicted molar refractivity (Wildman–Crippen MR) is 91.0 cm³/mol. The second-order valence-corrected chi connectivity index (χ2v) is 7.16. The second kappa shape index (κ2) is 6.78. The molecule has 2 rings (SSSR count). The number of anilines is 1. The van der Waals surface area contributed by atoms with Crippen LogP contribution in [0.2, 0.25) is 0 Å². The van der Waals surface area contributed by atoms with Crippen LogP contribution >= 0.6 is 0 Å². The van der Waals surface area contributed by atoms with Gasteiger partial charge in [0.15, 0.2) is 0 Å². The lowest BCUT2D eigenvalue weighted by Crippen LogP contribution is -2.28. The van der Waals surface area contributed by atoms with E-state index in [4.69, 9.17) is 4.98 Å². The first-order valence-corrected chi connectivity index (χ1v) is 8.44. The lowest BCUT2D eigenvalue weighted by molar-refractivity contribution is 0.564. The quantitative estimate of drug-likeness (QED) is 0.772. The molecule has 0 saturated heterocycles. The van der Waals surface area contributed by atoms with Gasteiger partial charge in [0, 0.05) is 30.2 Å². The molecule has 1 heterocycles. The zero-order valence-electron chi connectivity index (χ0n) is 14.4. The minimum Gasteiger partial charge on any atom is -0.354 e. The minimum atomic E-state index is 0.0957. The van der Waals surface area contributed by atoms with Crippen LogP contribution in [0.3, 0.4) is 0 Å². The fourth-order valence-corrected chi connectivity index (χ4v) is 2.61. The number of rotatable bonds is 7. The van der Waals surface area contributed by atoms with Crippen molar-refractivity contribution in [2.45, 2.75) is 71.9 Å². The van der Waals surface area contributed by atoms with E-state index in [0.29, 0.717) is 6.04 Å². The van der Waals surface area contributed by atoms with Gasteiger partial charge >= 0.3 is 0 Å². The predicted octanol–water partition coefficient (Wildman–Crippen LogP) is 3.87. The first kappa shape index (κ1) is 16.3. The molecule has 0 amide bonds. The highest BCUT2D eigenvalue weighted by Gasteiger charge is 2.29. The molecule has 0 radical (unpaired) electrons. The maximum absolute atomic E-state index is 4.96. The lowest BCUT2D eigenvalue weighted by Gasteiger charge is -2.26. The van der Waals surface area contributed by atoms with Gasteiger partial charge in [-0.1, -0.05) is 27.7 Å². The summed E-state index contributed by atoms with van der Waals surface area (Å²) < 4.78 is 0. The molecule has 0 aliphatic heterocycles. The zero-order chi connectivity index (χ0) is 15.5. The molecule has 1 aromatic rings. The molecular weight excluding hydrogens is 258 g/mol. The van der Waals surface area contributed by atoms with Crippen molar-refractivity contribution in [3.8, 4) is 0 Å². The van der Waals surface area contributed by atoms with Crippen molar-refractivity contribution in [1.29, 1.82) is 0 Å². The molecule has 21 heavy (non-hydrogen) atoms. The number of nitrogens with zero attached hydrogens (tertiary/aromatic N) is 2. The van der Waals surface area contributed by atoms with Crippen LogP contribution in [0, 0.1) is 0 Å². The molecule has 0 spiro atoms. The van der Waals surface area contributed by atoms with Crippen LogP contribution in [0.1, 0.15) is 65.1 Å². The third kappa shape index (κ3) is 4.44. The van der Waals surface area contributed by atoms with E-state index >= 15 is 0 Å². The highest BCUT2D eigenvalue weighted by molar-refractivity contribution is 5.46. The first-order chi connectivity index (χ1) is 9.95. The van der Waals surface area contributed by atoms with Gasteiger partial charge < -0.3 is 10.2 Å². The van der Waals surface area contributed by atoms with Crippen molar-refractivity contribution in [2.24, 2.45) is 0 Å². The van der Waals surface area contributed by atoms with Crippen molar-refractivity contribution in [3.05, 3.63) is 23.4 Å². The van der Waals surface area contributed by atoms with E-state index in [-0.39, 0.29) is 5.41 Å². The standard InChI is InChI=1S/C18H31N3/c1-6-10-19-13-14-11-16(18(3,4)5)20-17(12-14)21(7-2)15-8-9-15/h11-12,15,19H,6-10,13H2,1-5H3. The second-order valence-electron chi connectivity index (χ2n) is 7.16. The van der Waals surface area contributed by atoms with Gasteiger partial charge in [-0.25, -0.2) is 4.98 Å². The van der Waals surface area contributed by atoms with E-state index in [1.165, 1.54) is 36.3 Å². The van der Waals surface area contributed by atoms with Gasteiger partial charge in [0.2, 0.25) is 0 Å². The van der Waals surface area contributed by atoms with Gasteiger partial charge in [-0.2, -0.15) is 0 Å². The van der Waals surface area contributed by atoms with Crippen LogP contribution in [-0.2, 0) is 12.0 Å². The van der Waals surface area contributed by atoms with Crippen LogP contribution in [-0.4, -0.2) is 24.1 Å². The molecule has 1 fully saturated rings. The number of hydrogen-bond donors (Lipinski definition) is 1. The van der Waals surface area contributed by atoms with Crippen LogP contribution in [0.25, 0.3) is 0 Å². The van der Waals surface area contributed by atoms with E-state index in [2.05, 4.69) is 57.0 Å². The van der Waals surface area contributed by atoms with Gasteiger partial charge in [-0.15, -0.1) is 0 Å². The molecule has 3 heteroatoms.